The van der Waals surface area contributed by atoms with E-state index in [1.807, 2.05) is 52.5 Å². The number of Topliss-reactive ketones (excluding diaryl/α,β-unsaturated/α-hetero) is 1. The number of hydrogen-bond donors (Lipinski definition) is 0. The van der Waals surface area contributed by atoms with Crippen LogP contribution in [0.15, 0.2) is 42.9 Å². The van der Waals surface area contributed by atoms with E-state index in [1.54, 1.807) is 4.68 Å². The lowest BCUT2D eigenvalue weighted by Gasteiger charge is -2.31. The minimum absolute atomic E-state index is 0.0131. The second kappa shape index (κ2) is 9.43. The summed E-state index contributed by atoms with van der Waals surface area (Å²) in [4.78, 5) is 31.6. The maximum Gasteiger partial charge on any atom is 0.320 e. The molecule has 0 atom stereocenters. The molecule has 1 aliphatic heterocycles. The van der Waals surface area contributed by atoms with Gasteiger partial charge in [0.1, 0.15) is 11.4 Å². The molecule has 0 bridgehead atoms. The van der Waals surface area contributed by atoms with Crippen LogP contribution in [-0.2, 0) is 27.8 Å². The van der Waals surface area contributed by atoms with Gasteiger partial charge in [-0.1, -0.05) is 12.1 Å². The van der Waals surface area contributed by atoms with Crippen LogP contribution in [0.3, 0.4) is 0 Å². The second-order valence-corrected chi connectivity index (χ2v) is 9.92. The molecule has 0 aliphatic carbocycles. The molecule has 4 rings (SSSR count). The van der Waals surface area contributed by atoms with E-state index in [2.05, 4.69) is 33.2 Å². The molecule has 3 aromatic rings. The van der Waals surface area contributed by atoms with Crippen LogP contribution in [0.25, 0.3) is 21.9 Å². The minimum Gasteiger partial charge on any atom is -0.459 e. The minimum atomic E-state index is -0.475. The predicted octanol–water partition coefficient (Wildman–Crippen LogP) is 3.80. The average molecular weight is 449 g/mol. The highest BCUT2D eigenvalue weighted by Crippen LogP contribution is 2.25. The van der Waals surface area contributed by atoms with E-state index in [9.17, 15) is 9.59 Å². The first-order valence-electron chi connectivity index (χ1n) is 11.5. The Hall–Kier alpha value is -3.06. The van der Waals surface area contributed by atoms with Crippen molar-refractivity contribution < 1.29 is 14.3 Å². The molecule has 0 radical (unpaired) electrons. The predicted molar refractivity (Wildman–Crippen MR) is 128 cm³/mol. The van der Waals surface area contributed by atoms with Crippen LogP contribution < -0.4 is 0 Å². The van der Waals surface area contributed by atoms with Crippen molar-refractivity contribution in [2.24, 2.45) is 13.0 Å². The fraction of sp³-hybridized carbons (Fsp3) is 0.462. The molecule has 7 nitrogen and oxygen atoms in total. The topological polar surface area (TPSA) is 77.3 Å². The number of aromatic nitrogens is 3. The first-order valence-corrected chi connectivity index (χ1v) is 11.5. The van der Waals surface area contributed by atoms with Gasteiger partial charge >= 0.3 is 5.97 Å². The number of ether oxygens (including phenoxy) is 1. The SMILES string of the molecule is Cn1cc(-c2ccc3cnc(CC(=O)C4CCN(CC(=O)OC(C)(C)C)CC4)cc3c2)cn1. The summed E-state index contributed by atoms with van der Waals surface area (Å²) in [6.45, 7) is 7.36. The number of likely N-dealkylation sites (tertiary alicyclic amines) is 1. The van der Waals surface area contributed by atoms with Crippen molar-refractivity contribution in [2.45, 2.75) is 45.6 Å². The summed E-state index contributed by atoms with van der Waals surface area (Å²) >= 11 is 0. The van der Waals surface area contributed by atoms with Gasteiger partial charge in [-0.15, -0.1) is 0 Å². The van der Waals surface area contributed by atoms with Crippen LogP contribution in [0.2, 0.25) is 0 Å². The van der Waals surface area contributed by atoms with E-state index < -0.39 is 5.60 Å². The Kier molecular flexibility index (Phi) is 6.61. The maximum atomic E-state index is 13.0. The Morgan fingerprint density at radius 3 is 2.48 bits per heavy atom. The van der Waals surface area contributed by atoms with E-state index in [0.29, 0.717) is 6.42 Å². The normalized spacial score (nSPS) is 15.6. The van der Waals surface area contributed by atoms with Gasteiger partial charge < -0.3 is 4.74 Å². The van der Waals surface area contributed by atoms with Crippen LogP contribution in [0.5, 0.6) is 0 Å². The Morgan fingerprint density at radius 2 is 1.82 bits per heavy atom. The van der Waals surface area contributed by atoms with E-state index in [-0.39, 0.29) is 24.2 Å². The number of pyridine rings is 1. The highest BCUT2D eigenvalue weighted by atomic mass is 16.6. The molecule has 1 aromatic carbocycles. The van der Waals surface area contributed by atoms with Crippen LogP contribution in [0, 0.1) is 5.92 Å². The molecule has 0 saturated carbocycles. The number of aryl methyl sites for hydroxylation is 1. The van der Waals surface area contributed by atoms with Crippen molar-refractivity contribution in [1.82, 2.24) is 19.7 Å². The van der Waals surface area contributed by atoms with Gasteiger partial charge in [-0.05, 0) is 69.8 Å². The maximum absolute atomic E-state index is 13.0. The summed E-state index contributed by atoms with van der Waals surface area (Å²) in [6, 6.07) is 8.26. The molecule has 0 N–H and O–H groups in total. The van der Waals surface area contributed by atoms with Gasteiger partial charge in [-0.3, -0.25) is 24.2 Å². The summed E-state index contributed by atoms with van der Waals surface area (Å²) in [7, 11) is 1.90. The fourth-order valence-electron chi connectivity index (χ4n) is 4.33. The van der Waals surface area contributed by atoms with E-state index in [0.717, 1.165) is 53.5 Å². The Balaban J connectivity index is 1.35. The number of esters is 1. The van der Waals surface area contributed by atoms with Crippen molar-refractivity contribution >= 4 is 22.5 Å². The summed E-state index contributed by atoms with van der Waals surface area (Å²) in [5.41, 5.74) is 2.48. The largest absolute Gasteiger partial charge is 0.459 e. The first-order chi connectivity index (χ1) is 15.7. The number of rotatable bonds is 6. The number of carbonyl (C=O) groups is 2. The number of hydrogen-bond acceptors (Lipinski definition) is 6. The van der Waals surface area contributed by atoms with Crippen LogP contribution in [0.4, 0.5) is 0 Å². The fourth-order valence-corrected chi connectivity index (χ4v) is 4.33. The number of fused-ring (bicyclic) bond motifs is 1. The summed E-state index contributed by atoms with van der Waals surface area (Å²) in [6.07, 6.45) is 7.54. The van der Waals surface area contributed by atoms with Crippen molar-refractivity contribution in [3.63, 3.8) is 0 Å². The number of carbonyl (C=O) groups excluding carboxylic acids is 2. The third-order valence-electron chi connectivity index (χ3n) is 5.99. The number of nitrogens with zero attached hydrogens (tertiary/aromatic N) is 4. The standard InChI is InChI=1S/C26H32N4O3/c1-26(2,3)33-25(32)17-30-9-7-18(8-10-30)24(31)13-23-12-21-11-19(5-6-20(21)14-27-23)22-15-28-29(4)16-22/h5-6,11-12,14-16,18H,7-10,13,17H2,1-4H3. The Bertz CT molecular complexity index is 1150. The third kappa shape index (κ3) is 6.05. The van der Waals surface area contributed by atoms with Crippen molar-refractivity contribution in [3.8, 4) is 11.1 Å². The van der Waals surface area contributed by atoms with Crippen LogP contribution in [-0.4, -0.2) is 56.7 Å². The van der Waals surface area contributed by atoms with Gasteiger partial charge in [0, 0.05) is 48.4 Å². The van der Waals surface area contributed by atoms with E-state index >= 15 is 0 Å². The summed E-state index contributed by atoms with van der Waals surface area (Å²) in [5, 5.41) is 6.37. The zero-order valence-electron chi connectivity index (χ0n) is 19.9. The zero-order valence-corrected chi connectivity index (χ0v) is 19.9. The van der Waals surface area contributed by atoms with Crippen LogP contribution >= 0.6 is 0 Å². The summed E-state index contributed by atoms with van der Waals surface area (Å²) in [5.74, 6) is 0.0274. The number of benzene rings is 1. The monoisotopic (exact) mass is 448 g/mol. The molecule has 7 heteroatoms. The molecule has 174 valence electrons. The van der Waals surface area contributed by atoms with Gasteiger partial charge in [0.25, 0.3) is 0 Å². The third-order valence-corrected chi connectivity index (χ3v) is 5.99. The molecule has 1 aliphatic rings. The molecule has 1 saturated heterocycles. The van der Waals surface area contributed by atoms with Gasteiger partial charge in [0.2, 0.25) is 0 Å². The molecule has 0 unspecified atom stereocenters. The Labute approximate surface area is 194 Å². The molecular weight excluding hydrogens is 416 g/mol. The molecule has 2 aromatic heterocycles. The van der Waals surface area contributed by atoms with Crippen molar-refractivity contribution in [3.05, 3.63) is 48.5 Å². The molecule has 0 spiro atoms. The number of ketones is 1. The van der Waals surface area contributed by atoms with E-state index in [1.165, 1.54) is 0 Å². The lowest BCUT2D eigenvalue weighted by molar-refractivity contribution is -0.156. The van der Waals surface area contributed by atoms with Crippen molar-refractivity contribution in [1.29, 1.82) is 0 Å². The van der Waals surface area contributed by atoms with Crippen molar-refractivity contribution in [2.75, 3.05) is 19.6 Å². The molecule has 3 heterocycles. The zero-order chi connectivity index (χ0) is 23.6. The Morgan fingerprint density at radius 1 is 1.06 bits per heavy atom. The van der Waals surface area contributed by atoms with E-state index in [4.69, 9.17) is 4.74 Å². The lowest BCUT2D eigenvalue weighted by atomic mass is 9.90. The lowest BCUT2D eigenvalue weighted by Crippen LogP contribution is -2.41. The quantitative estimate of drug-likeness (QED) is 0.534. The highest BCUT2D eigenvalue weighted by molar-refractivity contribution is 5.88. The van der Waals surface area contributed by atoms with Gasteiger partial charge in [0.15, 0.2) is 0 Å². The first kappa shape index (κ1) is 23.1. The average Bonchev–Trinajstić information content (AvgIpc) is 3.18. The summed E-state index contributed by atoms with van der Waals surface area (Å²) < 4.78 is 7.19. The van der Waals surface area contributed by atoms with Gasteiger partial charge in [0.05, 0.1) is 12.7 Å². The smallest absolute Gasteiger partial charge is 0.320 e. The molecule has 1 fully saturated rings. The molecule has 33 heavy (non-hydrogen) atoms. The van der Waals surface area contributed by atoms with Gasteiger partial charge in [-0.25, -0.2) is 0 Å². The van der Waals surface area contributed by atoms with Crippen LogP contribution in [0.1, 0.15) is 39.3 Å². The second-order valence-electron chi connectivity index (χ2n) is 9.92. The molecular formula is C26H32N4O3. The number of piperidine rings is 1. The molecule has 0 amide bonds. The van der Waals surface area contributed by atoms with Gasteiger partial charge in [-0.2, -0.15) is 5.10 Å². The highest BCUT2D eigenvalue weighted by Gasteiger charge is 2.27.